The second-order valence-electron chi connectivity index (χ2n) is 3.38. The summed E-state index contributed by atoms with van der Waals surface area (Å²) in [6.45, 7) is 0.955. The van der Waals surface area contributed by atoms with E-state index in [0.29, 0.717) is 6.07 Å². The van der Waals surface area contributed by atoms with Gasteiger partial charge in [0.1, 0.15) is 5.82 Å². The van der Waals surface area contributed by atoms with Crippen molar-refractivity contribution in [2.75, 3.05) is 18.6 Å². The van der Waals surface area contributed by atoms with Crippen LogP contribution in [0.15, 0.2) is 12.1 Å². The van der Waals surface area contributed by atoms with E-state index in [-0.39, 0.29) is 12.1 Å². The molecule has 0 heterocycles. The fourth-order valence-electron chi connectivity index (χ4n) is 1.26. The largest absolute Gasteiger partial charge is 0.313 e. The van der Waals surface area contributed by atoms with Gasteiger partial charge in [-0.3, -0.25) is 0 Å². The lowest BCUT2D eigenvalue weighted by atomic mass is 10.2. The minimum Gasteiger partial charge on any atom is -0.313 e. The van der Waals surface area contributed by atoms with Crippen molar-refractivity contribution >= 4 is 11.8 Å². The van der Waals surface area contributed by atoms with Crippen LogP contribution >= 0.6 is 11.8 Å². The molecule has 0 radical (unpaired) electrons. The van der Waals surface area contributed by atoms with Crippen LogP contribution in [0.2, 0.25) is 0 Å². The van der Waals surface area contributed by atoms with Gasteiger partial charge in [0.15, 0.2) is 11.6 Å². The van der Waals surface area contributed by atoms with E-state index < -0.39 is 17.5 Å². The maximum Gasteiger partial charge on any atom is 0.161 e. The van der Waals surface area contributed by atoms with Gasteiger partial charge in [-0.25, -0.2) is 13.2 Å². The molecule has 0 aliphatic heterocycles. The van der Waals surface area contributed by atoms with Gasteiger partial charge in [0.25, 0.3) is 0 Å². The summed E-state index contributed by atoms with van der Waals surface area (Å²) in [5.74, 6) is -1.85. The zero-order valence-corrected chi connectivity index (χ0v) is 9.84. The fourth-order valence-corrected chi connectivity index (χ4v) is 1.70. The molecule has 1 N–H and O–H groups in total. The lowest BCUT2D eigenvalue weighted by Gasteiger charge is -2.06. The molecule has 0 unspecified atom stereocenters. The summed E-state index contributed by atoms with van der Waals surface area (Å²) >= 11 is 1.73. The van der Waals surface area contributed by atoms with E-state index in [9.17, 15) is 13.2 Å². The molecule has 1 aromatic rings. The van der Waals surface area contributed by atoms with E-state index in [1.165, 1.54) is 0 Å². The molecule has 5 heteroatoms. The van der Waals surface area contributed by atoms with Crippen LogP contribution in [0.3, 0.4) is 0 Å². The third-order valence-electron chi connectivity index (χ3n) is 2.11. The summed E-state index contributed by atoms with van der Waals surface area (Å²) in [7, 11) is 0. The first-order valence-electron chi connectivity index (χ1n) is 4.98. The van der Waals surface area contributed by atoms with Crippen molar-refractivity contribution in [3.05, 3.63) is 35.1 Å². The molecule has 0 saturated carbocycles. The second-order valence-corrected chi connectivity index (χ2v) is 4.37. The van der Waals surface area contributed by atoms with Crippen LogP contribution in [0.25, 0.3) is 0 Å². The average molecular weight is 249 g/mol. The SMILES string of the molecule is CSCCCNCc1cc(F)c(F)cc1F. The lowest BCUT2D eigenvalue weighted by molar-refractivity contribution is 0.487. The summed E-state index contributed by atoms with van der Waals surface area (Å²) in [5, 5.41) is 2.98. The Labute approximate surface area is 97.4 Å². The van der Waals surface area contributed by atoms with Gasteiger partial charge in [-0.1, -0.05) is 0 Å². The first-order chi connectivity index (χ1) is 7.65. The van der Waals surface area contributed by atoms with Crippen molar-refractivity contribution < 1.29 is 13.2 Å². The van der Waals surface area contributed by atoms with Gasteiger partial charge in [0.05, 0.1) is 0 Å². The van der Waals surface area contributed by atoms with Crippen LogP contribution < -0.4 is 5.32 Å². The number of benzene rings is 1. The molecule has 90 valence electrons. The minimum atomic E-state index is -1.15. The lowest BCUT2D eigenvalue weighted by Crippen LogP contribution is -2.16. The topological polar surface area (TPSA) is 12.0 Å². The highest BCUT2D eigenvalue weighted by Gasteiger charge is 2.08. The molecule has 0 aromatic heterocycles. The molecule has 0 spiro atoms. The van der Waals surface area contributed by atoms with Gasteiger partial charge in [-0.2, -0.15) is 11.8 Å². The fraction of sp³-hybridized carbons (Fsp3) is 0.455. The monoisotopic (exact) mass is 249 g/mol. The molecule has 1 nitrogen and oxygen atoms in total. The quantitative estimate of drug-likeness (QED) is 0.614. The maximum absolute atomic E-state index is 13.2. The summed E-state index contributed by atoms with van der Waals surface area (Å²) in [5.41, 5.74) is 0.156. The van der Waals surface area contributed by atoms with Gasteiger partial charge in [0.2, 0.25) is 0 Å². The van der Waals surface area contributed by atoms with E-state index in [1.807, 2.05) is 6.26 Å². The third-order valence-corrected chi connectivity index (χ3v) is 2.80. The van der Waals surface area contributed by atoms with Crippen molar-refractivity contribution in [2.45, 2.75) is 13.0 Å². The number of nitrogens with one attached hydrogen (secondary N) is 1. The Bertz CT molecular complexity index is 344. The Hall–Kier alpha value is -0.680. The average Bonchev–Trinajstić information content (AvgIpc) is 2.25. The van der Waals surface area contributed by atoms with Crippen LogP contribution in [0.5, 0.6) is 0 Å². The highest BCUT2D eigenvalue weighted by Crippen LogP contribution is 2.13. The van der Waals surface area contributed by atoms with E-state index in [1.54, 1.807) is 11.8 Å². The van der Waals surface area contributed by atoms with Gasteiger partial charge < -0.3 is 5.32 Å². The van der Waals surface area contributed by atoms with E-state index in [2.05, 4.69) is 5.32 Å². The Balaban J connectivity index is 2.45. The highest BCUT2D eigenvalue weighted by molar-refractivity contribution is 7.98. The van der Waals surface area contributed by atoms with Crippen molar-refractivity contribution in [3.8, 4) is 0 Å². The molecule has 1 aromatic carbocycles. The molecular formula is C11H14F3NS. The molecule has 1 rings (SSSR count). The van der Waals surface area contributed by atoms with Crippen molar-refractivity contribution in [2.24, 2.45) is 0 Å². The molecular weight excluding hydrogens is 235 g/mol. The summed E-state index contributed by atoms with van der Waals surface area (Å²) in [4.78, 5) is 0. The van der Waals surface area contributed by atoms with Crippen LogP contribution in [0.4, 0.5) is 13.2 Å². The van der Waals surface area contributed by atoms with Crippen molar-refractivity contribution in [1.82, 2.24) is 5.32 Å². The minimum absolute atomic E-state index is 0.156. The van der Waals surface area contributed by atoms with Gasteiger partial charge >= 0.3 is 0 Å². The molecule has 0 amide bonds. The molecule has 0 aliphatic rings. The van der Waals surface area contributed by atoms with Gasteiger partial charge in [-0.15, -0.1) is 0 Å². The predicted molar refractivity (Wildman–Crippen MR) is 61.0 cm³/mol. The first-order valence-corrected chi connectivity index (χ1v) is 6.37. The molecule has 0 aliphatic carbocycles. The molecule has 0 saturated heterocycles. The maximum atomic E-state index is 13.2. The number of halogens is 3. The van der Waals surface area contributed by atoms with Gasteiger partial charge in [-0.05, 0) is 31.0 Å². The first kappa shape index (κ1) is 13.4. The van der Waals surface area contributed by atoms with Crippen LogP contribution in [0, 0.1) is 17.5 Å². The zero-order chi connectivity index (χ0) is 12.0. The van der Waals surface area contributed by atoms with Crippen LogP contribution in [0.1, 0.15) is 12.0 Å². The molecule has 0 bridgehead atoms. The summed E-state index contributed by atoms with van der Waals surface area (Å²) in [6, 6.07) is 1.47. The number of thioether (sulfide) groups is 1. The Morgan fingerprint density at radius 2 is 1.81 bits per heavy atom. The van der Waals surface area contributed by atoms with E-state index in [4.69, 9.17) is 0 Å². The van der Waals surface area contributed by atoms with E-state index in [0.717, 1.165) is 24.8 Å². The van der Waals surface area contributed by atoms with Crippen LogP contribution in [-0.2, 0) is 6.54 Å². The zero-order valence-electron chi connectivity index (χ0n) is 9.03. The number of hydrogen-bond acceptors (Lipinski definition) is 2. The van der Waals surface area contributed by atoms with Crippen molar-refractivity contribution in [3.63, 3.8) is 0 Å². The normalized spacial score (nSPS) is 10.8. The van der Waals surface area contributed by atoms with E-state index >= 15 is 0 Å². The number of rotatable bonds is 6. The predicted octanol–water partition coefficient (Wildman–Crippen LogP) is 2.95. The summed E-state index contributed by atoms with van der Waals surface area (Å²) in [6.07, 6.45) is 2.97. The Morgan fingerprint density at radius 3 is 2.50 bits per heavy atom. The molecule has 16 heavy (non-hydrogen) atoms. The third kappa shape index (κ3) is 4.06. The second kappa shape index (κ2) is 6.81. The molecule has 0 fully saturated rings. The Kier molecular flexibility index (Phi) is 5.69. The van der Waals surface area contributed by atoms with Gasteiger partial charge in [0, 0.05) is 18.2 Å². The van der Waals surface area contributed by atoms with Crippen molar-refractivity contribution in [1.29, 1.82) is 0 Å². The number of hydrogen-bond donors (Lipinski definition) is 1. The standard InChI is InChI=1S/C11H14F3NS/c1-16-4-2-3-15-7-8-5-10(13)11(14)6-9(8)12/h5-6,15H,2-4,7H2,1H3. The van der Waals surface area contributed by atoms with Crippen LogP contribution in [-0.4, -0.2) is 18.6 Å². The summed E-state index contributed by atoms with van der Waals surface area (Å²) < 4.78 is 38.6. The highest BCUT2D eigenvalue weighted by atomic mass is 32.2. The Morgan fingerprint density at radius 1 is 1.12 bits per heavy atom. The molecule has 0 atom stereocenters. The smallest absolute Gasteiger partial charge is 0.161 e.